The maximum Gasteiger partial charge on any atom is 0.254 e. The number of hydrazone groups is 1. The Morgan fingerprint density at radius 1 is 1.09 bits per heavy atom. The monoisotopic (exact) mass is 506 g/mol. The summed E-state index contributed by atoms with van der Waals surface area (Å²) in [5, 5.41) is 5.39. The molecule has 1 heterocycles. The Bertz CT molecular complexity index is 1170. The molecule has 0 aromatic heterocycles. The minimum atomic E-state index is -0.248. The summed E-state index contributed by atoms with van der Waals surface area (Å²) in [4.78, 5) is 26.2. The van der Waals surface area contributed by atoms with Crippen molar-refractivity contribution < 1.29 is 19.1 Å². The van der Waals surface area contributed by atoms with Gasteiger partial charge in [0.25, 0.3) is 11.8 Å². The Kier molecular flexibility index (Phi) is 4.73. The summed E-state index contributed by atoms with van der Waals surface area (Å²) in [6.45, 7) is 0.403. The summed E-state index contributed by atoms with van der Waals surface area (Å²) in [5.41, 5.74) is 1.93. The van der Waals surface area contributed by atoms with Crippen LogP contribution < -0.4 is 9.47 Å². The van der Waals surface area contributed by atoms with Gasteiger partial charge in [0.1, 0.15) is 6.61 Å². The zero-order valence-electron chi connectivity index (χ0n) is 18.1. The number of carbonyl (C=O) groups excluding carboxylic acids is 2. The highest BCUT2D eigenvalue weighted by atomic mass is 79.9. The number of allylic oxidation sites excluding steroid dienone is 2. The largest absolute Gasteiger partial charge is 0.493 e. The second-order valence-corrected chi connectivity index (χ2v) is 10.1. The van der Waals surface area contributed by atoms with Crippen molar-refractivity contribution in [1.29, 1.82) is 0 Å². The number of halogens is 1. The number of fused-ring (bicyclic) bond motifs is 3. The van der Waals surface area contributed by atoms with E-state index in [0.717, 1.165) is 23.4 Å². The number of rotatable bonds is 6. The first-order valence-corrected chi connectivity index (χ1v) is 12.0. The van der Waals surface area contributed by atoms with Crippen LogP contribution in [0.5, 0.6) is 11.5 Å². The number of nitrogens with zero attached hydrogens (tertiary/aromatic N) is 2. The van der Waals surface area contributed by atoms with Crippen LogP contribution in [0.2, 0.25) is 0 Å². The number of amides is 2. The number of benzene rings is 2. The third kappa shape index (κ3) is 3.09. The van der Waals surface area contributed by atoms with E-state index in [0.29, 0.717) is 28.1 Å². The number of ether oxygens (including phenoxy) is 2. The van der Waals surface area contributed by atoms with Crippen molar-refractivity contribution in [1.82, 2.24) is 5.01 Å². The van der Waals surface area contributed by atoms with Crippen LogP contribution >= 0.6 is 15.9 Å². The summed E-state index contributed by atoms with van der Waals surface area (Å²) in [7, 11) is 1.57. The first-order chi connectivity index (χ1) is 16.0. The van der Waals surface area contributed by atoms with Gasteiger partial charge in [0.2, 0.25) is 0 Å². The number of hydrogen-bond donors (Lipinski definition) is 0. The molecule has 33 heavy (non-hydrogen) atoms. The van der Waals surface area contributed by atoms with Crippen molar-refractivity contribution in [2.24, 2.45) is 34.2 Å². The number of imide groups is 1. The molecule has 4 unspecified atom stereocenters. The molecule has 1 spiro atoms. The molecule has 3 fully saturated rings. The lowest BCUT2D eigenvalue weighted by Gasteiger charge is -2.18. The normalized spacial score (nSPS) is 28.2. The Balaban J connectivity index is 1.21. The Hall–Kier alpha value is -2.93. The lowest BCUT2D eigenvalue weighted by Crippen LogP contribution is -2.30. The second-order valence-electron chi connectivity index (χ2n) is 9.26. The van der Waals surface area contributed by atoms with E-state index in [-0.39, 0.29) is 40.9 Å². The molecule has 1 saturated heterocycles. The zero-order valence-corrected chi connectivity index (χ0v) is 19.7. The summed E-state index contributed by atoms with van der Waals surface area (Å²) < 4.78 is 12.2. The van der Waals surface area contributed by atoms with E-state index < -0.39 is 0 Å². The summed E-state index contributed by atoms with van der Waals surface area (Å²) in [5.74, 6) is 0.675. The van der Waals surface area contributed by atoms with Gasteiger partial charge in [-0.25, -0.2) is 0 Å². The Morgan fingerprint density at radius 3 is 2.36 bits per heavy atom. The maximum atomic E-state index is 13.1. The van der Waals surface area contributed by atoms with Crippen molar-refractivity contribution in [3.05, 3.63) is 70.2 Å². The van der Waals surface area contributed by atoms with Gasteiger partial charge in [-0.2, -0.15) is 10.1 Å². The van der Waals surface area contributed by atoms with Gasteiger partial charge < -0.3 is 9.47 Å². The summed E-state index contributed by atoms with van der Waals surface area (Å²) >= 11 is 3.55. The van der Waals surface area contributed by atoms with Gasteiger partial charge in [0, 0.05) is 0 Å². The van der Waals surface area contributed by atoms with Crippen molar-refractivity contribution in [3.8, 4) is 11.5 Å². The molecule has 2 aromatic carbocycles. The fourth-order valence-corrected chi connectivity index (χ4v) is 6.56. The van der Waals surface area contributed by atoms with Gasteiger partial charge in [0.05, 0.1) is 29.6 Å². The second kappa shape index (κ2) is 7.55. The number of hydrogen-bond acceptors (Lipinski definition) is 5. The predicted octanol–water partition coefficient (Wildman–Crippen LogP) is 4.57. The predicted molar refractivity (Wildman–Crippen MR) is 126 cm³/mol. The summed E-state index contributed by atoms with van der Waals surface area (Å²) in [6.07, 6.45) is 8.10. The van der Waals surface area contributed by atoms with E-state index in [2.05, 4.69) is 33.2 Å². The number of methoxy groups -OCH3 is 1. The van der Waals surface area contributed by atoms with Crippen LogP contribution in [0.1, 0.15) is 24.0 Å². The average molecular weight is 507 g/mol. The van der Waals surface area contributed by atoms with Gasteiger partial charge in [0.15, 0.2) is 11.5 Å². The van der Waals surface area contributed by atoms with E-state index in [4.69, 9.17) is 9.47 Å². The molecule has 6 rings (SSSR count). The lowest BCUT2D eigenvalue weighted by molar-refractivity contribution is -0.141. The highest BCUT2D eigenvalue weighted by Crippen LogP contribution is 2.73. The highest BCUT2D eigenvalue weighted by molar-refractivity contribution is 9.10. The van der Waals surface area contributed by atoms with Gasteiger partial charge in [-0.05, 0) is 69.3 Å². The quantitative estimate of drug-likeness (QED) is 0.327. The van der Waals surface area contributed by atoms with Crippen molar-refractivity contribution in [3.63, 3.8) is 0 Å². The topological polar surface area (TPSA) is 68.2 Å². The van der Waals surface area contributed by atoms with Crippen LogP contribution in [0.25, 0.3) is 0 Å². The maximum absolute atomic E-state index is 13.1. The molecule has 4 atom stereocenters. The van der Waals surface area contributed by atoms with Crippen LogP contribution in [-0.2, 0) is 16.2 Å². The molecule has 4 aliphatic rings. The van der Waals surface area contributed by atoms with Gasteiger partial charge in [-0.1, -0.05) is 42.5 Å². The number of carbonyl (C=O) groups is 2. The molecule has 3 aliphatic carbocycles. The van der Waals surface area contributed by atoms with E-state index in [9.17, 15) is 9.59 Å². The third-order valence-electron chi connectivity index (χ3n) is 7.63. The van der Waals surface area contributed by atoms with E-state index in [1.165, 1.54) is 6.21 Å². The molecule has 7 heteroatoms. The molecular weight excluding hydrogens is 484 g/mol. The molecule has 6 nitrogen and oxygen atoms in total. The van der Waals surface area contributed by atoms with Crippen LogP contribution in [0.3, 0.4) is 0 Å². The van der Waals surface area contributed by atoms with Crippen LogP contribution in [0.15, 0.2) is 64.2 Å². The van der Waals surface area contributed by atoms with Crippen molar-refractivity contribution in [2.75, 3.05) is 7.11 Å². The molecule has 2 aromatic rings. The summed E-state index contributed by atoms with van der Waals surface area (Å²) in [6, 6.07) is 13.5. The fourth-order valence-electron chi connectivity index (χ4n) is 5.99. The van der Waals surface area contributed by atoms with E-state index >= 15 is 0 Å². The van der Waals surface area contributed by atoms with E-state index in [1.807, 2.05) is 36.4 Å². The lowest BCUT2D eigenvalue weighted by atomic mass is 9.85. The van der Waals surface area contributed by atoms with Crippen LogP contribution in [0, 0.1) is 29.1 Å². The van der Waals surface area contributed by atoms with Gasteiger partial charge >= 0.3 is 0 Å². The Labute approximate surface area is 200 Å². The van der Waals surface area contributed by atoms with Crippen molar-refractivity contribution in [2.45, 2.75) is 19.4 Å². The standard InChI is InChI=1S/C26H23BrN2O4/c1-32-20-12-16(11-19(27)23(20)33-14-15-5-3-2-4-6-15)13-28-29-24(30)21-17-7-8-18(22(21)25(29)31)26(17)9-10-26/h2-8,11-13,17-18,21-22H,9-10,14H2,1H3. The molecule has 2 amide bonds. The first kappa shape index (κ1) is 20.7. The van der Waals surface area contributed by atoms with Crippen molar-refractivity contribution >= 4 is 34.0 Å². The molecule has 168 valence electrons. The molecular formula is C26H23BrN2O4. The molecule has 2 saturated carbocycles. The smallest absolute Gasteiger partial charge is 0.254 e. The van der Waals surface area contributed by atoms with Gasteiger partial charge in [-0.3, -0.25) is 9.59 Å². The molecule has 2 bridgehead atoms. The minimum Gasteiger partial charge on any atom is -0.493 e. The van der Waals surface area contributed by atoms with Crippen LogP contribution in [-0.4, -0.2) is 30.1 Å². The molecule has 1 aliphatic heterocycles. The molecule has 0 radical (unpaired) electrons. The molecule has 0 N–H and O–H groups in total. The minimum absolute atomic E-state index is 0.168. The fraction of sp³-hybridized carbons (Fsp3) is 0.346. The Morgan fingerprint density at radius 2 is 1.76 bits per heavy atom. The SMILES string of the molecule is COc1cc(C=NN2C(=O)C3C(C2=O)C2C=CC3C23CC3)cc(Br)c1OCc1ccccc1. The first-order valence-electron chi connectivity index (χ1n) is 11.2. The zero-order chi connectivity index (χ0) is 22.7. The van der Waals surface area contributed by atoms with Gasteiger partial charge in [-0.15, -0.1) is 0 Å². The third-order valence-corrected chi connectivity index (χ3v) is 8.22. The van der Waals surface area contributed by atoms with E-state index in [1.54, 1.807) is 13.2 Å². The average Bonchev–Trinajstić information content (AvgIpc) is 3.43. The highest BCUT2D eigenvalue weighted by Gasteiger charge is 2.73. The van der Waals surface area contributed by atoms with Crippen LogP contribution in [0.4, 0.5) is 0 Å².